The van der Waals surface area contributed by atoms with E-state index in [1.165, 1.54) is 12.1 Å². The second-order valence-corrected chi connectivity index (χ2v) is 4.49. The molecule has 0 N–H and O–H groups in total. The average Bonchev–Trinajstić information content (AvgIpc) is 2.72. The minimum Gasteiger partial charge on any atom is -0.460 e. The molecule has 0 amide bonds. The van der Waals surface area contributed by atoms with Gasteiger partial charge in [0.25, 0.3) is 0 Å². The van der Waals surface area contributed by atoms with Gasteiger partial charge in [0.2, 0.25) is 5.76 Å². The van der Waals surface area contributed by atoms with Crippen LogP contribution < -0.4 is 0 Å². The van der Waals surface area contributed by atoms with Crippen molar-refractivity contribution >= 4 is 44.5 Å². The molecule has 0 fully saturated rings. The number of halogens is 3. The fourth-order valence-electron chi connectivity index (χ4n) is 1.40. The molecule has 0 spiro atoms. The van der Waals surface area contributed by atoms with Gasteiger partial charge in [0, 0.05) is 6.07 Å². The van der Waals surface area contributed by atoms with Crippen LogP contribution in [0.5, 0.6) is 0 Å². The molecule has 0 bridgehead atoms. The van der Waals surface area contributed by atoms with E-state index in [0.717, 1.165) is 0 Å². The first kappa shape index (κ1) is 12.4. The fraction of sp³-hybridized carbons (Fsp3) is 0.182. The van der Waals surface area contributed by atoms with Crippen LogP contribution in [-0.2, 0) is 4.74 Å². The van der Waals surface area contributed by atoms with Gasteiger partial charge >= 0.3 is 5.97 Å². The minimum absolute atomic E-state index is 0.0411. The van der Waals surface area contributed by atoms with Gasteiger partial charge in [-0.3, -0.25) is 0 Å². The molecule has 90 valence electrons. The summed E-state index contributed by atoms with van der Waals surface area (Å²) >= 11 is 8.87. The minimum atomic E-state index is -0.633. The lowest BCUT2D eigenvalue weighted by molar-refractivity contribution is 0.0492. The number of benzene rings is 1. The molecule has 1 aromatic heterocycles. The monoisotopic (exact) mass is 320 g/mol. The fourth-order valence-corrected chi connectivity index (χ4v) is 2.27. The Balaban J connectivity index is 2.61. The molecule has 17 heavy (non-hydrogen) atoms. The number of esters is 1. The zero-order valence-electron chi connectivity index (χ0n) is 8.72. The zero-order chi connectivity index (χ0) is 12.6. The first-order chi connectivity index (χ1) is 8.04. The highest BCUT2D eigenvalue weighted by Gasteiger charge is 2.19. The Labute approximate surface area is 110 Å². The Morgan fingerprint density at radius 1 is 1.59 bits per heavy atom. The van der Waals surface area contributed by atoms with Crippen LogP contribution >= 0.6 is 27.5 Å². The summed E-state index contributed by atoms with van der Waals surface area (Å²) in [5.41, 5.74) is 0.231. The first-order valence-electron chi connectivity index (χ1n) is 4.78. The van der Waals surface area contributed by atoms with Gasteiger partial charge in [-0.2, -0.15) is 0 Å². The van der Waals surface area contributed by atoms with E-state index >= 15 is 0 Å². The van der Waals surface area contributed by atoms with E-state index in [-0.39, 0.29) is 28.4 Å². The normalized spacial score (nSPS) is 10.8. The van der Waals surface area contributed by atoms with Crippen molar-refractivity contribution in [3.05, 3.63) is 33.2 Å². The highest BCUT2D eigenvalue weighted by molar-refractivity contribution is 9.10. The van der Waals surface area contributed by atoms with Crippen LogP contribution in [0.2, 0.25) is 5.02 Å². The van der Waals surface area contributed by atoms with Crippen LogP contribution in [0.25, 0.3) is 11.0 Å². The Hall–Kier alpha value is -1.07. The summed E-state index contributed by atoms with van der Waals surface area (Å²) in [7, 11) is 0. The van der Waals surface area contributed by atoms with Gasteiger partial charge in [0.15, 0.2) is 11.4 Å². The van der Waals surface area contributed by atoms with Gasteiger partial charge in [-0.1, -0.05) is 11.6 Å². The Morgan fingerprint density at radius 3 is 2.94 bits per heavy atom. The SMILES string of the molecule is CCOC(=O)c1cc2c(F)c(Cl)cc(Br)c2o1. The largest absolute Gasteiger partial charge is 0.460 e. The quantitative estimate of drug-likeness (QED) is 0.616. The van der Waals surface area contributed by atoms with Crippen molar-refractivity contribution in [2.24, 2.45) is 0 Å². The number of fused-ring (bicyclic) bond motifs is 1. The van der Waals surface area contributed by atoms with Crippen molar-refractivity contribution in [2.45, 2.75) is 6.92 Å². The summed E-state index contributed by atoms with van der Waals surface area (Å²) in [6.45, 7) is 1.90. The molecular formula is C11H7BrClFO3. The standard InChI is InChI=1S/C11H7BrClFO3/c1-2-16-11(15)8-3-5-9(14)7(13)4-6(12)10(5)17-8/h3-4H,2H2,1H3. The first-order valence-corrected chi connectivity index (χ1v) is 5.95. The van der Waals surface area contributed by atoms with Gasteiger partial charge < -0.3 is 9.15 Å². The smallest absolute Gasteiger partial charge is 0.374 e. The number of carbonyl (C=O) groups excluding carboxylic acids is 1. The third-order valence-corrected chi connectivity index (χ3v) is 2.99. The molecule has 0 aliphatic heterocycles. The van der Waals surface area contributed by atoms with E-state index < -0.39 is 11.8 Å². The number of carbonyl (C=O) groups is 1. The summed E-state index contributed by atoms with van der Waals surface area (Å²) < 4.78 is 24.1. The number of furan rings is 1. The Kier molecular flexibility index (Phi) is 3.40. The third-order valence-electron chi connectivity index (χ3n) is 2.13. The molecule has 0 aliphatic rings. The van der Waals surface area contributed by atoms with Crippen LogP contribution in [0.1, 0.15) is 17.5 Å². The molecule has 0 saturated carbocycles. The van der Waals surface area contributed by atoms with Crippen LogP contribution in [0, 0.1) is 5.82 Å². The maximum absolute atomic E-state index is 13.7. The molecule has 6 heteroatoms. The second-order valence-electron chi connectivity index (χ2n) is 3.23. The van der Waals surface area contributed by atoms with Gasteiger partial charge in [-0.05, 0) is 28.9 Å². The maximum Gasteiger partial charge on any atom is 0.374 e. The van der Waals surface area contributed by atoms with E-state index in [1.807, 2.05) is 0 Å². The van der Waals surface area contributed by atoms with Gasteiger partial charge in [-0.15, -0.1) is 0 Å². The number of ether oxygens (including phenoxy) is 1. The van der Waals surface area contributed by atoms with Gasteiger partial charge in [0.1, 0.15) is 0 Å². The molecule has 0 aliphatic carbocycles. The lowest BCUT2D eigenvalue weighted by atomic mass is 10.2. The van der Waals surface area contributed by atoms with Crippen molar-refractivity contribution < 1.29 is 18.3 Å². The van der Waals surface area contributed by atoms with Crippen molar-refractivity contribution in [1.29, 1.82) is 0 Å². The molecule has 2 rings (SSSR count). The third kappa shape index (κ3) is 2.17. The number of rotatable bonds is 2. The molecule has 0 unspecified atom stereocenters. The molecule has 0 saturated heterocycles. The molecule has 0 radical (unpaired) electrons. The van der Waals surface area contributed by atoms with Gasteiger partial charge in [0.05, 0.1) is 21.5 Å². The van der Waals surface area contributed by atoms with Crippen molar-refractivity contribution in [1.82, 2.24) is 0 Å². The summed E-state index contributed by atoms with van der Waals surface area (Å²) in [6, 6.07) is 2.65. The van der Waals surface area contributed by atoms with Crippen molar-refractivity contribution in [3.8, 4) is 0 Å². The van der Waals surface area contributed by atoms with Crippen LogP contribution in [0.15, 0.2) is 21.0 Å². The highest BCUT2D eigenvalue weighted by Crippen LogP contribution is 2.33. The predicted octanol–water partition coefficient (Wildman–Crippen LogP) is 4.16. The lowest BCUT2D eigenvalue weighted by Crippen LogP contribution is -2.02. The van der Waals surface area contributed by atoms with E-state index in [0.29, 0.717) is 4.47 Å². The summed E-state index contributed by atoms with van der Waals surface area (Å²) in [4.78, 5) is 11.4. The zero-order valence-corrected chi connectivity index (χ0v) is 11.1. The molecule has 0 atom stereocenters. The second kappa shape index (κ2) is 4.66. The average molecular weight is 322 g/mol. The van der Waals surface area contributed by atoms with Crippen LogP contribution in [-0.4, -0.2) is 12.6 Å². The number of hydrogen-bond donors (Lipinski definition) is 0. The molecular weight excluding hydrogens is 314 g/mol. The van der Waals surface area contributed by atoms with Crippen LogP contribution in [0.4, 0.5) is 4.39 Å². The Bertz CT molecular complexity index is 594. The van der Waals surface area contributed by atoms with Gasteiger partial charge in [-0.25, -0.2) is 9.18 Å². The van der Waals surface area contributed by atoms with E-state index in [2.05, 4.69) is 15.9 Å². The predicted molar refractivity (Wildman–Crippen MR) is 64.8 cm³/mol. The Morgan fingerprint density at radius 2 is 2.29 bits per heavy atom. The highest BCUT2D eigenvalue weighted by atomic mass is 79.9. The molecule has 2 aromatic rings. The molecule has 3 nitrogen and oxygen atoms in total. The summed E-state index contributed by atoms with van der Waals surface area (Å²) in [5.74, 6) is -1.31. The van der Waals surface area contributed by atoms with Crippen molar-refractivity contribution in [3.63, 3.8) is 0 Å². The number of hydrogen-bond acceptors (Lipinski definition) is 3. The summed E-state index contributed by atoms with van der Waals surface area (Å²) in [5, 5.41) is 0.105. The molecule has 1 heterocycles. The molecule has 1 aromatic carbocycles. The van der Waals surface area contributed by atoms with Crippen molar-refractivity contribution in [2.75, 3.05) is 6.61 Å². The van der Waals surface area contributed by atoms with E-state index in [4.69, 9.17) is 20.8 Å². The summed E-state index contributed by atoms with van der Waals surface area (Å²) in [6.07, 6.45) is 0. The topological polar surface area (TPSA) is 39.4 Å². The lowest BCUT2D eigenvalue weighted by Gasteiger charge is -1.97. The maximum atomic E-state index is 13.7. The van der Waals surface area contributed by atoms with E-state index in [9.17, 15) is 9.18 Å². The van der Waals surface area contributed by atoms with Crippen LogP contribution in [0.3, 0.4) is 0 Å². The van der Waals surface area contributed by atoms with E-state index in [1.54, 1.807) is 6.92 Å².